The Morgan fingerprint density at radius 2 is 1.07 bits per heavy atom. The maximum atomic E-state index is 9.37. The molecular formula is C6H14O7S. The second kappa shape index (κ2) is 14.4. The minimum absolute atomic E-state index is 0.222. The average molecular weight is 230 g/mol. The third-order valence-electron chi connectivity index (χ3n) is 0.605. The van der Waals surface area contributed by atoms with Gasteiger partial charge in [0.05, 0.1) is 0 Å². The van der Waals surface area contributed by atoms with Gasteiger partial charge in [0, 0.05) is 12.8 Å². The van der Waals surface area contributed by atoms with Gasteiger partial charge in [0.15, 0.2) is 0 Å². The van der Waals surface area contributed by atoms with E-state index in [1.54, 1.807) is 13.8 Å². The molecule has 0 rings (SSSR count). The Balaban J connectivity index is -0.000000131. The van der Waals surface area contributed by atoms with Crippen LogP contribution in [0.1, 0.15) is 26.7 Å². The van der Waals surface area contributed by atoms with Crippen molar-refractivity contribution in [2.24, 2.45) is 0 Å². The summed E-state index contributed by atoms with van der Waals surface area (Å²) in [6.45, 7) is 3.20. The molecule has 0 saturated heterocycles. The summed E-state index contributed by atoms with van der Waals surface area (Å²) in [6, 6.07) is 0. The predicted octanol–water partition coefficient (Wildman–Crippen LogP) is 0.0328. The molecule has 8 heteroatoms. The molecule has 3 N–H and O–H groups in total. The van der Waals surface area contributed by atoms with E-state index < -0.39 is 22.9 Å². The van der Waals surface area contributed by atoms with Crippen LogP contribution in [0.4, 0.5) is 0 Å². The van der Waals surface area contributed by atoms with Crippen molar-refractivity contribution in [1.29, 1.82) is 0 Å². The van der Waals surface area contributed by atoms with Gasteiger partial charge in [0.1, 0.15) is 0 Å². The van der Waals surface area contributed by atoms with Gasteiger partial charge in [-0.1, -0.05) is 13.8 Å². The summed E-state index contributed by atoms with van der Waals surface area (Å²) in [7, 11) is -3.12. The quantitative estimate of drug-likeness (QED) is 0.389. The first-order valence-electron chi connectivity index (χ1n) is 3.54. The molecule has 0 saturated carbocycles. The number of carboxylic acids is 2. The Morgan fingerprint density at radius 3 is 1.07 bits per heavy atom. The number of rotatable bonds is 2. The van der Waals surface area contributed by atoms with Crippen molar-refractivity contribution in [2.75, 3.05) is 0 Å². The number of hydrogen-bond acceptors (Lipinski definition) is 4. The van der Waals surface area contributed by atoms with Crippen LogP contribution in [0.2, 0.25) is 0 Å². The first-order chi connectivity index (χ1) is 6.27. The summed E-state index contributed by atoms with van der Waals surface area (Å²) in [4.78, 5) is 18.7. The van der Waals surface area contributed by atoms with Gasteiger partial charge >= 0.3 is 11.9 Å². The smallest absolute Gasteiger partial charge is 0.303 e. The van der Waals surface area contributed by atoms with Crippen molar-refractivity contribution in [3.05, 3.63) is 0 Å². The maximum Gasteiger partial charge on any atom is 0.303 e. The predicted molar refractivity (Wildman–Crippen MR) is 48.8 cm³/mol. The Bertz CT molecular complexity index is 198. The molecule has 0 atom stereocenters. The van der Waals surface area contributed by atoms with Crippen molar-refractivity contribution < 1.29 is 32.8 Å². The molecule has 0 aromatic carbocycles. The molecule has 0 amide bonds. The van der Waals surface area contributed by atoms with Gasteiger partial charge in [-0.25, -0.2) is 8.42 Å². The lowest BCUT2D eigenvalue weighted by molar-refractivity contribution is -0.137. The number of carboxylic acid groups (broad SMARTS) is 2. The van der Waals surface area contributed by atoms with E-state index in [0.29, 0.717) is 0 Å². The monoisotopic (exact) mass is 230 g/mol. The van der Waals surface area contributed by atoms with Gasteiger partial charge in [0.25, 0.3) is 11.0 Å². The first-order valence-corrected chi connectivity index (χ1v) is 4.67. The summed E-state index contributed by atoms with van der Waals surface area (Å²) >= 11 is 0. The van der Waals surface area contributed by atoms with Crippen molar-refractivity contribution >= 4 is 22.9 Å². The molecule has 0 aliphatic rings. The van der Waals surface area contributed by atoms with Crippen LogP contribution >= 0.6 is 0 Å². The molecule has 14 heavy (non-hydrogen) atoms. The van der Waals surface area contributed by atoms with Gasteiger partial charge in [0.2, 0.25) is 0 Å². The third kappa shape index (κ3) is 130. The second-order valence-corrected chi connectivity index (χ2v) is 2.21. The SMILES string of the molecule is CCC(=O)O.CCC(=O)O.O=[SH](=O)O. The van der Waals surface area contributed by atoms with E-state index in [0.717, 1.165) is 0 Å². The Morgan fingerprint density at radius 1 is 1.00 bits per heavy atom. The van der Waals surface area contributed by atoms with Crippen molar-refractivity contribution in [3.63, 3.8) is 0 Å². The van der Waals surface area contributed by atoms with E-state index >= 15 is 0 Å². The highest BCUT2D eigenvalue weighted by molar-refractivity contribution is 7.66. The summed E-state index contributed by atoms with van der Waals surface area (Å²) < 4.78 is 24.2. The molecule has 0 bridgehead atoms. The normalized spacial score (nSPS) is 7.71. The number of carbonyl (C=O) groups is 2. The molecule has 0 aliphatic carbocycles. The first kappa shape index (κ1) is 18.6. The molecule has 0 unspecified atom stereocenters. The summed E-state index contributed by atoms with van der Waals surface area (Å²) in [6.07, 6.45) is 0.444. The fraction of sp³-hybridized carbons (Fsp3) is 0.667. The van der Waals surface area contributed by atoms with E-state index in [1.165, 1.54) is 0 Å². The fourth-order valence-electron chi connectivity index (χ4n) is 0. The van der Waals surface area contributed by atoms with E-state index in [9.17, 15) is 9.59 Å². The third-order valence-corrected chi connectivity index (χ3v) is 0.605. The topological polar surface area (TPSA) is 129 Å². The molecule has 0 fully saturated rings. The molecule has 0 aromatic heterocycles. The van der Waals surface area contributed by atoms with Crippen molar-refractivity contribution in [2.45, 2.75) is 26.7 Å². The zero-order chi connectivity index (χ0) is 12.1. The van der Waals surface area contributed by atoms with Crippen LogP contribution in [0.15, 0.2) is 0 Å². The van der Waals surface area contributed by atoms with Crippen LogP contribution < -0.4 is 0 Å². The zero-order valence-electron chi connectivity index (χ0n) is 7.84. The maximum absolute atomic E-state index is 9.37. The highest BCUT2D eigenvalue weighted by Crippen LogP contribution is 1.67. The van der Waals surface area contributed by atoms with Crippen LogP contribution in [0, 0.1) is 0 Å². The largest absolute Gasteiger partial charge is 0.481 e. The van der Waals surface area contributed by atoms with Gasteiger partial charge < -0.3 is 10.2 Å². The van der Waals surface area contributed by atoms with Crippen LogP contribution in [0.25, 0.3) is 0 Å². The van der Waals surface area contributed by atoms with Gasteiger partial charge in [-0.3, -0.25) is 14.1 Å². The molecule has 0 spiro atoms. The minimum Gasteiger partial charge on any atom is -0.481 e. The lowest BCUT2D eigenvalue weighted by atomic mass is 10.5. The highest BCUT2D eigenvalue weighted by atomic mass is 32.2. The molecular weight excluding hydrogens is 216 g/mol. The van der Waals surface area contributed by atoms with Crippen LogP contribution in [-0.2, 0) is 20.6 Å². The molecule has 0 aromatic rings. The van der Waals surface area contributed by atoms with Crippen LogP contribution in [-0.4, -0.2) is 35.1 Å². The van der Waals surface area contributed by atoms with Gasteiger partial charge in [-0.05, 0) is 0 Å². The second-order valence-electron chi connectivity index (χ2n) is 1.73. The van der Waals surface area contributed by atoms with Crippen molar-refractivity contribution in [1.82, 2.24) is 0 Å². The lowest BCUT2D eigenvalue weighted by Crippen LogP contribution is -1.86. The van der Waals surface area contributed by atoms with Crippen molar-refractivity contribution in [3.8, 4) is 0 Å². The summed E-state index contributed by atoms with van der Waals surface area (Å²) in [5.41, 5.74) is 0. The Kier molecular flexibility index (Phi) is 19.1. The average Bonchev–Trinajstić information content (AvgIpc) is 2.04. The summed E-state index contributed by atoms with van der Waals surface area (Å²) in [5.74, 6) is -1.49. The molecule has 0 aliphatic heterocycles. The van der Waals surface area contributed by atoms with E-state index in [-0.39, 0.29) is 12.8 Å². The Labute approximate surface area is 83.1 Å². The van der Waals surface area contributed by atoms with Gasteiger partial charge in [-0.15, -0.1) is 0 Å². The van der Waals surface area contributed by atoms with E-state index in [2.05, 4.69) is 0 Å². The van der Waals surface area contributed by atoms with E-state index in [1.807, 2.05) is 0 Å². The number of hydrogen-bond donors (Lipinski definition) is 4. The van der Waals surface area contributed by atoms with E-state index in [4.69, 9.17) is 23.2 Å². The zero-order valence-corrected chi connectivity index (χ0v) is 8.73. The molecule has 0 heterocycles. The van der Waals surface area contributed by atoms with Crippen LogP contribution in [0.3, 0.4) is 0 Å². The van der Waals surface area contributed by atoms with Gasteiger partial charge in [-0.2, -0.15) is 0 Å². The Hall–Kier alpha value is -1.15. The highest BCUT2D eigenvalue weighted by Gasteiger charge is 1.81. The molecule has 7 nitrogen and oxygen atoms in total. The number of thiol groups is 1. The standard InChI is InChI=1S/2C3H6O2.H2O3S/c2*1-2-3(4)5;1-4(2)3/h2*2H2,1H3,(H,4,5);4H,(H,1,2,3). The minimum atomic E-state index is -3.12. The fourth-order valence-corrected chi connectivity index (χ4v) is 0. The number of aliphatic carboxylic acids is 2. The molecule has 86 valence electrons. The lowest BCUT2D eigenvalue weighted by Gasteiger charge is -1.71. The summed E-state index contributed by atoms with van der Waals surface area (Å²) in [5, 5.41) is 15.4. The van der Waals surface area contributed by atoms with Crippen LogP contribution in [0.5, 0.6) is 0 Å². The molecule has 0 radical (unpaired) electrons.